The van der Waals surface area contributed by atoms with Crippen molar-refractivity contribution in [2.75, 3.05) is 0 Å². The number of carbonyl (C=O) groups is 2. The van der Waals surface area contributed by atoms with Gasteiger partial charge >= 0.3 is 0 Å². The first-order chi connectivity index (χ1) is 5.56. The van der Waals surface area contributed by atoms with E-state index in [-0.39, 0.29) is 11.7 Å². The van der Waals surface area contributed by atoms with Crippen LogP contribution < -0.4 is 0 Å². The predicted molar refractivity (Wildman–Crippen MR) is 48.9 cm³/mol. The minimum Gasteiger partial charge on any atom is -0.303 e. The molecular weight excluding hydrogens is 152 g/mol. The number of hydrogen-bond donors (Lipinski definition) is 0. The van der Waals surface area contributed by atoms with Crippen LogP contribution in [0.2, 0.25) is 0 Å². The molecule has 2 heteroatoms. The standard InChI is InChI=1S/C10H18O2/c1-8(2)4-5-10(12)6-9(3)7-11/h7-9H,4-6H2,1-3H3. The second-order valence-electron chi connectivity index (χ2n) is 3.79. The molecule has 0 fully saturated rings. The number of aldehydes is 1. The Labute approximate surface area is 74.3 Å². The monoisotopic (exact) mass is 170 g/mol. The first-order valence-corrected chi connectivity index (χ1v) is 4.53. The van der Waals surface area contributed by atoms with Gasteiger partial charge in [-0.15, -0.1) is 0 Å². The Morgan fingerprint density at radius 2 is 1.92 bits per heavy atom. The van der Waals surface area contributed by atoms with E-state index < -0.39 is 0 Å². The number of carbonyl (C=O) groups excluding carboxylic acids is 2. The maximum absolute atomic E-state index is 11.2. The summed E-state index contributed by atoms with van der Waals surface area (Å²) in [5.41, 5.74) is 0. The van der Waals surface area contributed by atoms with Crippen molar-refractivity contribution >= 4 is 12.1 Å². The molecule has 0 saturated heterocycles. The lowest BCUT2D eigenvalue weighted by molar-refractivity contribution is -0.122. The Morgan fingerprint density at radius 1 is 1.33 bits per heavy atom. The average Bonchev–Trinajstić information content (AvgIpc) is 2.00. The van der Waals surface area contributed by atoms with Gasteiger partial charge in [-0.2, -0.15) is 0 Å². The van der Waals surface area contributed by atoms with E-state index in [1.165, 1.54) is 0 Å². The molecule has 2 nitrogen and oxygen atoms in total. The zero-order valence-electron chi connectivity index (χ0n) is 8.17. The Bertz CT molecular complexity index is 150. The van der Waals surface area contributed by atoms with Crippen LogP contribution in [0.5, 0.6) is 0 Å². The zero-order chi connectivity index (χ0) is 9.56. The Hall–Kier alpha value is -0.660. The molecule has 0 bridgehead atoms. The molecule has 1 atom stereocenters. The lowest BCUT2D eigenvalue weighted by atomic mass is 10.00. The van der Waals surface area contributed by atoms with Crippen LogP contribution >= 0.6 is 0 Å². The van der Waals surface area contributed by atoms with Crippen molar-refractivity contribution in [1.82, 2.24) is 0 Å². The highest BCUT2D eigenvalue weighted by atomic mass is 16.1. The number of hydrogen-bond acceptors (Lipinski definition) is 2. The smallest absolute Gasteiger partial charge is 0.133 e. The lowest BCUT2D eigenvalue weighted by Crippen LogP contribution is -2.07. The number of rotatable bonds is 6. The molecule has 0 aromatic rings. The predicted octanol–water partition coefficient (Wildman–Crippen LogP) is 2.22. The fourth-order valence-electron chi connectivity index (χ4n) is 0.959. The SMILES string of the molecule is CC(C)CCC(=O)CC(C)C=O. The third kappa shape index (κ3) is 6.08. The van der Waals surface area contributed by atoms with Crippen molar-refractivity contribution in [3.63, 3.8) is 0 Å². The lowest BCUT2D eigenvalue weighted by Gasteiger charge is -2.04. The molecule has 0 aromatic heterocycles. The third-order valence-corrected chi connectivity index (χ3v) is 1.78. The summed E-state index contributed by atoms with van der Waals surface area (Å²) in [7, 11) is 0. The molecule has 1 unspecified atom stereocenters. The van der Waals surface area contributed by atoms with Gasteiger partial charge in [0.25, 0.3) is 0 Å². The largest absolute Gasteiger partial charge is 0.303 e. The molecule has 70 valence electrons. The Kier molecular flexibility index (Phi) is 5.60. The maximum Gasteiger partial charge on any atom is 0.133 e. The normalized spacial score (nSPS) is 13.0. The molecule has 0 saturated carbocycles. The van der Waals surface area contributed by atoms with Crippen molar-refractivity contribution in [3.8, 4) is 0 Å². The second kappa shape index (κ2) is 5.92. The summed E-state index contributed by atoms with van der Waals surface area (Å²) >= 11 is 0. The summed E-state index contributed by atoms with van der Waals surface area (Å²) in [6.45, 7) is 5.97. The summed E-state index contributed by atoms with van der Waals surface area (Å²) in [5, 5.41) is 0. The van der Waals surface area contributed by atoms with Crippen LogP contribution in [0.4, 0.5) is 0 Å². The van der Waals surface area contributed by atoms with Crippen molar-refractivity contribution in [1.29, 1.82) is 0 Å². The van der Waals surface area contributed by atoms with Crippen molar-refractivity contribution in [2.45, 2.75) is 40.0 Å². The number of ketones is 1. The molecule has 0 rings (SSSR count). The molecule has 0 aliphatic heterocycles. The second-order valence-corrected chi connectivity index (χ2v) is 3.79. The van der Waals surface area contributed by atoms with Gasteiger partial charge in [-0.25, -0.2) is 0 Å². The van der Waals surface area contributed by atoms with E-state index in [1.807, 2.05) is 0 Å². The summed E-state index contributed by atoms with van der Waals surface area (Å²) < 4.78 is 0. The van der Waals surface area contributed by atoms with Crippen LogP contribution in [-0.2, 0) is 9.59 Å². The van der Waals surface area contributed by atoms with E-state index in [0.717, 1.165) is 12.7 Å². The highest BCUT2D eigenvalue weighted by Gasteiger charge is 2.08. The maximum atomic E-state index is 11.2. The van der Waals surface area contributed by atoms with E-state index in [2.05, 4.69) is 13.8 Å². The fraction of sp³-hybridized carbons (Fsp3) is 0.800. The van der Waals surface area contributed by atoms with Crippen molar-refractivity contribution in [3.05, 3.63) is 0 Å². The first-order valence-electron chi connectivity index (χ1n) is 4.53. The van der Waals surface area contributed by atoms with Crippen LogP contribution in [0.25, 0.3) is 0 Å². The summed E-state index contributed by atoms with van der Waals surface area (Å²) in [6.07, 6.45) is 2.81. The molecule has 0 spiro atoms. The molecule has 12 heavy (non-hydrogen) atoms. The van der Waals surface area contributed by atoms with Gasteiger partial charge < -0.3 is 4.79 Å². The minimum atomic E-state index is -0.107. The molecule has 0 N–H and O–H groups in total. The van der Waals surface area contributed by atoms with E-state index in [4.69, 9.17) is 0 Å². The molecule has 0 heterocycles. The zero-order valence-corrected chi connectivity index (χ0v) is 8.17. The van der Waals surface area contributed by atoms with Gasteiger partial charge in [-0.3, -0.25) is 4.79 Å². The molecule has 0 aliphatic carbocycles. The van der Waals surface area contributed by atoms with E-state index >= 15 is 0 Å². The topological polar surface area (TPSA) is 34.1 Å². The molecule has 0 radical (unpaired) electrons. The Morgan fingerprint density at radius 3 is 2.33 bits per heavy atom. The van der Waals surface area contributed by atoms with E-state index in [0.29, 0.717) is 18.8 Å². The fourth-order valence-corrected chi connectivity index (χ4v) is 0.959. The van der Waals surface area contributed by atoms with Crippen LogP contribution in [0.3, 0.4) is 0 Å². The number of Topliss-reactive ketones (excluding diaryl/α,β-unsaturated/α-hetero) is 1. The Balaban J connectivity index is 3.53. The quantitative estimate of drug-likeness (QED) is 0.573. The van der Waals surface area contributed by atoms with E-state index in [9.17, 15) is 9.59 Å². The van der Waals surface area contributed by atoms with Gasteiger partial charge in [0.05, 0.1) is 0 Å². The molecule has 0 aromatic carbocycles. The van der Waals surface area contributed by atoms with Crippen molar-refractivity contribution in [2.24, 2.45) is 11.8 Å². The molecule has 0 aliphatic rings. The first kappa shape index (κ1) is 11.3. The van der Waals surface area contributed by atoms with Crippen LogP contribution in [0.15, 0.2) is 0 Å². The average molecular weight is 170 g/mol. The van der Waals surface area contributed by atoms with Gasteiger partial charge in [0.15, 0.2) is 0 Å². The van der Waals surface area contributed by atoms with Gasteiger partial charge in [0.2, 0.25) is 0 Å². The van der Waals surface area contributed by atoms with Gasteiger partial charge in [0, 0.05) is 18.8 Å². The van der Waals surface area contributed by atoms with Crippen LogP contribution in [0, 0.1) is 11.8 Å². The minimum absolute atomic E-state index is 0.107. The van der Waals surface area contributed by atoms with E-state index in [1.54, 1.807) is 6.92 Å². The van der Waals surface area contributed by atoms with Gasteiger partial charge in [0.1, 0.15) is 12.1 Å². The van der Waals surface area contributed by atoms with Crippen molar-refractivity contribution < 1.29 is 9.59 Å². The third-order valence-electron chi connectivity index (χ3n) is 1.78. The highest BCUT2D eigenvalue weighted by molar-refractivity contribution is 5.80. The van der Waals surface area contributed by atoms with Gasteiger partial charge in [-0.1, -0.05) is 20.8 Å². The highest BCUT2D eigenvalue weighted by Crippen LogP contribution is 2.08. The molecular formula is C10H18O2. The summed E-state index contributed by atoms with van der Waals surface area (Å²) in [5.74, 6) is 0.674. The summed E-state index contributed by atoms with van der Waals surface area (Å²) in [4.78, 5) is 21.4. The molecule has 0 amide bonds. The van der Waals surface area contributed by atoms with Crippen LogP contribution in [-0.4, -0.2) is 12.1 Å². The summed E-state index contributed by atoms with van der Waals surface area (Å²) in [6, 6.07) is 0. The van der Waals surface area contributed by atoms with Gasteiger partial charge in [-0.05, 0) is 12.3 Å². The van der Waals surface area contributed by atoms with Crippen LogP contribution in [0.1, 0.15) is 40.0 Å².